The average molecular weight is 320 g/mol. The van der Waals surface area contributed by atoms with Crippen LogP contribution in [0.4, 0.5) is 0 Å². The number of hydrogen-bond acceptors (Lipinski definition) is 3. The lowest BCUT2D eigenvalue weighted by Gasteiger charge is -2.61. The summed E-state index contributed by atoms with van der Waals surface area (Å²) in [5.74, 6) is 2.26. The van der Waals surface area contributed by atoms with E-state index in [0.29, 0.717) is 23.7 Å². The molecule has 4 rings (SSSR count). The minimum Gasteiger partial charge on any atom is -0.393 e. The number of hydrogen-bond donors (Lipinski definition) is 2. The van der Waals surface area contributed by atoms with Gasteiger partial charge in [0.2, 0.25) is 0 Å². The molecular formula is C20H32O3. The molecule has 0 heterocycles. The van der Waals surface area contributed by atoms with E-state index >= 15 is 0 Å². The lowest BCUT2D eigenvalue weighted by atomic mass is 9.44. The quantitative estimate of drug-likeness (QED) is 0.730. The molecule has 0 aliphatic heterocycles. The van der Waals surface area contributed by atoms with Crippen molar-refractivity contribution in [2.45, 2.75) is 77.4 Å². The van der Waals surface area contributed by atoms with Gasteiger partial charge in [-0.3, -0.25) is 0 Å². The summed E-state index contributed by atoms with van der Waals surface area (Å²) in [6.07, 6.45) is 8.96. The standard InChI is InChI=1S/C20H32O3/c1-19-7-5-12(11-21)9-16(19)17(22)10-13-14-3-4-18(23)20(14,2)8-6-15(13)19/h11-18,22-23H,3-10H2,1-2H3. The van der Waals surface area contributed by atoms with Crippen molar-refractivity contribution in [3.05, 3.63) is 0 Å². The molecule has 0 saturated heterocycles. The molecule has 2 N–H and O–H groups in total. The largest absolute Gasteiger partial charge is 0.393 e. The summed E-state index contributed by atoms with van der Waals surface area (Å²) < 4.78 is 0. The molecule has 4 saturated carbocycles. The van der Waals surface area contributed by atoms with Crippen LogP contribution in [0.3, 0.4) is 0 Å². The van der Waals surface area contributed by atoms with Gasteiger partial charge in [-0.2, -0.15) is 0 Å². The van der Waals surface area contributed by atoms with Crippen molar-refractivity contribution in [1.29, 1.82) is 0 Å². The highest BCUT2D eigenvalue weighted by atomic mass is 16.3. The molecule has 0 aromatic rings. The molecule has 0 aromatic carbocycles. The van der Waals surface area contributed by atoms with Crippen LogP contribution < -0.4 is 0 Å². The second kappa shape index (κ2) is 5.29. The third-order valence-electron chi connectivity index (χ3n) is 8.86. The fourth-order valence-corrected chi connectivity index (χ4v) is 7.43. The molecule has 23 heavy (non-hydrogen) atoms. The highest BCUT2D eigenvalue weighted by molar-refractivity contribution is 5.53. The first-order chi connectivity index (χ1) is 10.9. The molecule has 0 bridgehead atoms. The van der Waals surface area contributed by atoms with Crippen molar-refractivity contribution < 1.29 is 15.0 Å². The SMILES string of the molecule is CC12CCC3C(CC(O)C4CC(C=O)CCC43C)C1CCC2O. The number of carbonyl (C=O) groups is 1. The Labute approximate surface area is 139 Å². The number of aldehydes is 1. The van der Waals surface area contributed by atoms with E-state index in [1.807, 2.05) is 0 Å². The predicted molar refractivity (Wildman–Crippen MR) is 88.7 cm³/mol. The van der Waals surface area contributed by atoms with Crippen LogP contribution in [-0.2, 0) is 4.79 Å². The monoisotopic (exact) mass is 320 g/mol. The number of fused-ring (bicyclic) bond motifs is 5. The van der Waals surface area contributed by atoms with Gasteiger partial charge in [-0.25, -0.2) is 0 Å². The van der Waals surface area contributed by atoms with Crippen LogP contribution in [0.15, 0.2) is 0 Å². The van der Waals surface area contributed by atoms with Crippen molar-refractivity contribution in [3.63, 3.8) is 0 Å². The molecule has 3 heteroatoms. The first-order valence-corrected chi connectivity index (χ1v) is 9.71. The number of carbonyl (C=O) groups excluding carboxylic acids is 1. The first kappa shape index (κ1) is 16.1. The molecule has 9 unspecified atom stereocenters. The van der Waals surface area contributed by atoms with Crippen LogP contribution in [0.2, 0.25) is 0 Å². The van der Waals surface area contributed by atoms with Crippen LogP contribution in [0, 0.1) is 40.4 Å². The Morgan fingerprint density at radius 3 is 2.30 bits per heavy atom. The molecule has 0 radical (unpaired) electrons. The third kappa shape index (κ3) is 2.12. The van der Waals surface area contributed by atoms with Gasteiger partial charge in [-0.05, 0) is 85.9 Å². The summed E-state index contributed by atoms with van der Waals surface area (Å²) in [7, 11) is 0. The maximum Gasteiger partial charge on any atom is 0.123 e. The Kier molecular flexibility index (Phi) is 3.70. The van der Waals surface area contributed by atoms with Crippen LogP contribution in [0.25, 0.3) is 0 Å². The van der Waals surface area contributed by atoms with Gasteiger partial charge in [0.15, 0.2) is 0 Å². The number of aliphatic hydroxyl groups excluding tert-OH is 2. The summed E-state index contributed by atoms with van der Waals surface area (Å²) in [5.41, 5.74) is 0.265. The van der Waals surface area contributed by atoms with E-state index in [9.17, 15) is 15.0 Å². The summed E-state index contributed by atoms with van der Waals surface area (Å²) >= 11 is 0. The highest BCUT2D eigenvalue weighted by Crippen LogP contribution is 2.66. The summed E-state index contributed by atoms with van der Waals surface area (Å²) in [6.45, 7) is 4.68. The lowest BCUT2D eigenvalue weighted by Crippen LogP contribution is -2.58. The topological polar surface area (TPSA) is 57.5 Å². The Balaban J connectivity index is 1.65. The van der Waals surface area contributed by atoms with Gasteiger partial charge < -0.3 is 15.0 Å². The zero-order chi connectivity index (χ0) is 16.4. The Morgan fingerprint density at radius 1 is 0.870 bits per heavy atom. The van der Waals surface area contributed by atoms with Gasteiger partial charge >= 0.3 is 0 Å². The van der Waals surface area contributed by atoms with Gasteiger partial charge in [0.1, 0.15) is 6.29 Å². The van der Waals surface area contributed by atoms with Crippen molar-refractivity contribution in [1.82, 2.24) is 0 Å². The molecular weight excluding hydrogens is 288 g/mol. The van der Waals surface area contributed by atoms with Crippen LogP contribution in [0.1, 0.15) is 65.2 Å². The van der Waals surface area contributed by atoms with E-state index in [1.165, 1.54) is 6.42 Å². The highest BCUT2D eigenvalue weighted by Gasteiger charge is 2.61. The smallest absolute Gasteiger partial charge is 0.123 e. The maximum absolute atomic E-state index is 11.2. The van der Waals surface area contributed by atoms with E-state index in [0.717, 1.165) is 51.2 Å². The van der Waals surface area contributed by atoms with Gasteiger partial charge in [0.25, 0.3) is 0 Å². The second-order valence-corrected chi connectivity index (χ2v) is 9.60. The average Bonchev–Trinajstić information content (AvgIpc) is 2.83. The second-order valence-electron chi connectivity index (χ2n) is 9.60. The molecule has 0 amide bonds. The van der Waals surface area contributed by atoms with E-state index in [4.69, 9.17) is 0 Å². The van der Waals surface area contributed by atoms with E-state index in [-0.39, 0.29) is 29.0 Å². The van der Waals surface area contributed by atoms with Crippen LogP contribution in [-0.4, -0.2) is 28.7 Å². The van der Waals surface area contributed by atoms with Crippen LogP contribution in [0.5, 0.6) is 0 Å². The van der Waals surface area contributed by atoms with Crippen LogP contribution >= 0.6 is 0 Å². The zero-order valence-corrected chi connectivity index (χ0v) is 14.6. The van der Waals surface area contributed by atoms with Gasteiger partial charge in [0, 0.05) is 5.92 Å². The minimum atomic E-state index is -0.260. The zero-order valence-electron chi connectivity index (χ0n) is 14.6. The van der Waals surface area contributed by atoms with Crippen molar-refractivity contribution in [2.24, 2.45) is 40.4 Å². The maximum atomic E-state index is 11.2. The Bertz CT molecular complexity index is 491. The molecule has 4 aliphatic carbocycles. The molecule has 130 valence electrons. The summed E-state index contributed by atoms with van der Waals surface area (Å²) in [5, 5.41) is 21.4. The van der Waals surface area contributed by atoms with Crippen molar-refractivity contribution >= 4 is 6.29 Å². The number of rotatable bonds is 1. The van der Waals surface area contributed by atoms with E-state index in [2.05, 4.69) is 13.8 Å². The fourth-order valence-electron chi connectivity index (χ4n) is 7.43. The van der Waals surface area contributed by atoms with E-state index < -0.39 is 0 Å². The molecule has 4 fully saturated rings. The predicted octanol–water partition coefficient (Wildman–Crippen LogP) is 3.18. The van der Waals surface area contributed by atoms with Gasteiger partial charge in [0.05, 0.1) is 12.2 Å². The Hall–Kier alpha value is -0.410. The lowest BCUT2D eigenvalue weighted by molar-refractivity contribution is -0.168. The minimum absolute atomic E-state index is 0.0735. The third-order valence-corrected chi connectivity index (χ3v) is 8.86. The van der Waals surface area contributed by atoms with Gasteiger partial charge in [-0.15, -0.1) is 0 Å². The van der Waals surface area contributed by atoms with E-state index in [1.54, 1.807) is 0 Å². The molecule has 4 aliphatic rings. The van der Waals surface area contributed by atoms with Gasteiger partial charge in [-0.1, -0.05) is 13.8 Å². The summed E-state index contributed by atoms with van der Waals surface area (Å²) in [6, 6.07) is 0. The van der Waals surface area contributed by atoms with Crippen molar-refractivity contribution in [3.8, 4) is 0 Å². The molecule has 0 spiro atoms. The first-order valence-electron chi connectivity index (χ1n) is 9.71. The fraction of sp³-hybridized carbons (Fsp3) is 0.950. The number of aliphatic hydroxyl groups is 2. The molecule has 0 aromatic heterocycles. The normalized spacial score (nSPS) is 58.9. The molecule has 9 atom stereocenters. The summed E-state index contributed by atoms with van der Waals surface area (Å²) in [4.78, 5) is 11.2. The van der Waals surface area contributed by atoms with Crippen molar-refractivity contribution in [2.75, 3.05) is 0 Å². The molecule has 3 nitrogen and oxygen atoms in total. The Morgan fingerprint density at radius 2 is 1.57 bits per heavy atom.